The third-order valence-corrected chi connectivity index (χ3v) is 3.57. The van der Waals surface area contributed by atoms with Gasteiger partial charge in [0.05, 0.1) is 6.67 Å². The number of nitrogen functional groups attached to an aromatic ring is 1. The molecule has 1 aliphatic carbocycles. The molecule has 0 aliphatic heterocycles. The van der Waals surface area contributed by atoms with E-state index in [0.717, 1.165) is 36.9 Å². The van der Waals surface area contributed by atoms with E-state index in [0.29, 0.717) is 0 Å². The number of alkyl halides is 1. The van der Waals surface area contributed by atoms with Gasteiger partial charge in [-0.1, -0.05) is 31.4 Å². The van der Waals surface area contributed by atoms with Crippen molar-refractivity contribution in [2.75, 3.05) is 12.4 Å². The maximum atomic E-state index is 13.3. The molecule has 1 nitrogen and oxygen atoms in total. The van der Waals surface area contributed by atoms with E-state index < -0.39 is 0 Å². The lowest BCUT2D eigenvalue weighted by Crippen LogP contribution is -2.31. The first-order valence-corrected chi connectivity index (χ1v) is 5.69. The van der Waals surface area contributed by atoms with Crippen LogP contribution >= 0.6 is 0 Å². The fourth-order valence-corrected chi connectivity index (χ4v) is 2.60. The van der Waals surface area contributed by atoms with E-state index >= 15 is 0 Å². The van der Waals surface area contributed by atoms with Gasteiger partial charge in [-0.2, -0.15) is 0 Å². The van der Waals surface area contributed by atoms with Crippen molar-refractivity contribution in [3.05, 3.63) is 29.8 Å². The van der Waals surface area contributed by atoms with Crippen LogP contribution in [0.3, 0.4) is 0 Å². The Morgan fingerprint density at radius 1 is 1.20 bits per heavy atom. The van der Waals surface area contributed by atoms with E-state index in [4.69, 9.17) is 5.73 Å². The third kappa shape index (κ3) is 1.99. The van der Waals surface area contributed by atoms with Gasteiger partial charge >= 0.3 is 0 Å². The minimum absolute atomic E-state index is 0.242. The maximum absolute atomic E-state index is 13.3. The molecule has 82 valence electrons. The standard InChI is InChI=1S/C13H18FN/c14-10-13(7-2-1-3-8-13)11-5-4-6-12(15)9-11/h4-6,9H,1-3,7-8,10,15H2. The first kappa shape index (κ1) is 10.5. The van der Waals surface area contributed by atoms with E-state index in [2.05, 4.69) is 0 Å². The Bertz CT molecular complexity index is 329. The molecular weight excluding hydrogens is 189 g/mol. The van der Waals surface area contributed by atoms with Gasteiger partial charge in [-0.05, 0) is 30.5 Å². The van der Waals surface area contributed by atoms with Crippen molar-refractivity contribution in [3.8, 4) is 0 Å². The van der Waals surface area contributed by atoms with E-state index in [9.17, 15) is 4.39 Å². The zero-order valence-electron chi connectivity index (χ0n) is 9.01. The van der Waals surface area contributed by atoms with Crippen LogP contribution in [-0.2, 0) is 5.41 Å². The molecule has 0 radical (unpaired) electrons. The number of benzene rings is 1. The Morgan fingerprint density at radius 2 is 1.93 bits per heavy atom. The number of hydrogen-bond donors (Lipinski definition) is 1. The summed E-state index contributed by atoms with van der Waals surface area (Å²) in [6, 6.07) is 7.74. The van der Waals surface area contributed by atoms with Crippen LogP contribution in [0.5, 0.6) is 0 Å². The predicted octanol–water partition coefficient (Wildman–Crippen LogP) is 3.44. The molecule has 0 spiro atoms. The highest BCUT2D eigenvalue weighted by Crippen LogP contribution is 2.40. The molecule has 0 aromatic heterocycles. The number of hydrogen-bond acceptors (Lipinski definition) is 1. The van der Waals surface area contributed by atoms with Gasteiger partial charge in [0.2, 0.25) is 0 Å². The van der Waals surface area contributed by atoms with Gasteiger partial charge in [0.15, 0.2) is 0 Å². The molecule has 1 aromatic carbocycles. The highest BCUT2D eigenvalue weighted by Gasteiger charge is 2.33. The minimum atomic E-state index is -0.254. The van der Waals surface area contributed by atoms with Crippen LogP contribution in [0.25, 0.3) is 0 Å². The summed E-state index contributed by atoms with van der Waals surface area (Å²) in [5.74, 6) is 0. The summed E-state index contributed by atoms with van der Waals surface area (Å²) >= 11 is 0. The van der Waals surface area contributed by atoms with Crippen molar-refractivity contribution in [2.24, 2.45) is 0 Å². The lowest BCUT2D eigenvalue weighted by Gasteiger charge is -2.35. The molecule has 0 heterocycles. The molecule has 2 N–H and O–H groups in total. The lowest BCUT2D eigenvalue weighted by atomic mass is 9.70. The van der Waals surface area contributed by atoms with Crippen LogP contribution < -0.4 is 5.73 Å². The minimum Gasteiger partial charge on any atom is -0.399 e. The molecular formula is C13H18FN. The van der Waals surface area contributed by atoms with Crippen molar-refractivity contribution in [1.82, 2.24) is 0 Å². The Hall–Kier alpha value is -1.05. The average Bonchev–Trinajstić information content (AvgIpc) is 2.30. The Balaban J connectivity index is 2.32. The molecule has 2 rings (SSSR count). The van der Waals surface area contributed by atoms with Gasteiger partial charge in [-0.3, -0.25) is 4.39 Å². The first-order chi connectivity index (χ1) is 7.27. The van der Waals surface area contributed by atoms with Gasteiger partial charge in [0, 0.05) is 11.1 Å². The van der Waals surface area contributed by atoms with Crippen molar-refractivity contribution in [2.45, 2.75) is 37.5 Å². The topological polar surface area (TPSA) is 26.0 Å². The predicted molar refractivity (Wildman–Crippen MR) is 61.6 cm³/mol. The van der Waals surface area contributed by atoms with Crippen molar-refractivity contribution < 1.29 is 4.39 Å². The summed E-state index contributed by atoms with van der Waals surface area (Å²) in [6.07, 6.45) is 5.45. The molecule has 1 fully saturated rings. The molecule has 0 atom stereocenters. The highest BCUT2D eigenvalue weighted by molar-refractivity contribution is 5.43. The van der Waals surface area contributed by atoms with Crippen LogP contribution in [0.2, 0.25) is 0 Å². The fourth-order valence-electron chi connectivity index (χ4n) is 2.60. The average molecular weight is 207 g/mol. The van der Waals surface area contributed by atoms with Crippen molar-refractivity contribution in [3.63, 3.8) is 0 Å². The molecule has 1 aromatic rings. The molecule has 0 bridgehead atoms. The van der Waals surface area contributed by atoms with Crippen LogP contribution in [0.4, 0.5) is 10.1 Å². The largest absolute Gasteiger partial charge is 0.399 e. The Labute approximate surface area is 90.5 Å². The molecule has 1 aliphatic rings. The number of anilines is 1. The van der Waals surface area contributed by atoms with Crippen molar-refractivity contribution >= 4 is 5.69 Å². The molecule has 0 amide bonds. The van der Waals surface area contributed by atoms with Crippen LogP contribution in [0, 0.1) is 0 Å². The summed E-state index contributed by atoms with van der Waals surface area (Å²) in [4.78, 5) is 0. The van der Waals surface area contributed by atoms with E-state index in [1.807, 2.05) is 24.3 Å². The molecule has 15 heavy (non-hydrogen) atoms. The van der Waals surface area contributed by atoms with E-state index in [1.165, 1.54) is 6.42 Å². The second-order valence-corrected chi connectivity index (χ2v) is 4.60. The lowest BCUT2D eigenvalue weighted by molar-refractivity contribution is 0.226. The maximum Gasteiger partial charge on any atom is 0.0990 e. The fraction of sp³-hybridized carbons (Fsp3) is 0.538. The van der Waals surface area contributed by atoms with Crippen LogP contribution in [0.15, 0.2) is 24.3 Å². The second kappa shape index (κ2) is 4.21. The Kier molecular flexibility index (Phi) is 2.94. The van der Waals surface area contributed by atoms with E-state index in [1.54, 1.807) is 0 Å². The smallest absolute Gasteiger partial charge is 0.0990 e. The quantitative estimate of drug-likeness (QED) is 0.739. The van der Waals surface area contributed by atoms with Gasteiger partial charge in [-0.15, -0.1) is 0 Å². The SMILES string of the molecule is Nc1cccc(C2(CF)CCCCC2)c1. The van der Waals surface area contributed by atoms with Gasteiger partial charge in [0.25, 0.3) is 0 Å². The molecule has 0 saturated heterocycles. The summed E-state index contributed by atoms with van der Waals surface area (Å²) < 4.78 is 13.3. The number of nitrogens with two attached hydrogens (primary N) is 1. The van der Waals surface area contributed by atoms with Crippen molar-refractivity contribution in [1.29, 1.82) is 0 Å². The summed E-state index contributed by atoms with van der Waals surface area (Å²) in [7, 11) is 0. The Morgan fingerprint density at radius 3 is 2.53 bits per heavy atom. The first-order valence-electron chi connectivity index (χ1n) is 5.69. The second-order valence-electron chi connectivity index (χ2n) is 4.60. The molecule has 0 unspecified atom stereocenters. The normalized spacial score (nSPS) is 20.1. The zero-order chi connectivity index (χ0) is 10.7. The number of halogens is 1. The monoisotopic (exact) mass is 207 g/mol. The number of rotatable bonds is 2. The van der Waals surface area contributed by atoms with Gasteiger partial charge in [-0.25, -0.2) is 0 Å². The van der Waals surface area contributed by atoms with Crippen LogP contribution in [-0.4, -0.2) is 6.67 Å². The third-order valence-electron chi connectivity index (χ3n) is 3.57. The molecule has 1 saturated carbocycles. The summed E-state index contributed by atoms with van der Waals surface area (Å²) in [5, 5.41) is 0. The highest BCUT2D eigenvalue weighted by atomic mass is 19.1. The molecule has 2 heteroatoms. The summed E-state index contributed by atoms with van der Waals surface area (Å²) in [5.41, 5.74) is 7.34. The van der Waals surface area contributed by atoms with Crippen LogP contribution in [0.1, 0.15) is 37.7 Å². The van der Waals surface area contributed by atoms with Gasteiger partial charge < -0.3 is 5.73 Å². The van der Waals surface area contributed by atoms with E-state index in [-0.39, 0.29) is 12.1 Å². The zero-order valence-corrected chi connectivity index (χ0v) is 9.01. The van der Waals surface area contributed by atoms with Gasteiger partial charge in [0.1, 0.15) is 0 Å². The summed E-state index contributed by atoms with van der Waals surface area (Å²) in [6.45, 7) is -0.254.